The first-order valence-corrected chi connectivity index (χ1v) is 8.00. The number of aryl methyl sites for hydroxylation is 1. The molecule has 2 heterocycles. The van der Waals surface area contributed by atoms with Crippen LogP contribution in [0.3, 0.4) is 0 Å². The molecule has 1 aliphatic rings. The second-order valence-corrected chi connectivity index (χ2v) is 6.31. The zero-order chi connectivity index (χ0) is 14.8. The predicted molar refractivity (Wildman–Crippen MR) is 86.4 cm³/mol. The Morgan fingerprint density at radius 1 is 1.29 bits per heavy atom. The van der Waals surface area contributed by atoms with Crippen molar-refractivity contribution in [3.8, 4) is 0 Å². The van der Waals surface area contributed by atoms with Crippen LogP contribution in [0.2, 0.25) is 0 Å². The van der Waals surface area contributed by atoms with Crippen molar-refractivity contribution >= 4 is 0 Å². The highest BCUT2D eigenvalue weighted by Crippen LogP contribution is 2.29. The Kier molecular flexibility index (Phi) is 4.11. The van der Waals surface area contributed by atoms with Crippen LogP contribution >= 0.6 is 0 Å². The molecule has 3 unspecified atom stereocenters. The second kappa shape index (κ2) is 6.02. The fraction of sp³-hybridized carbons (Fsp3) is 0.500. The zero-order valence-electron chi connectivity index (χ0n) is 13.2. The van der Waals surface area contributed by atoms with Gasteiger partial charge in [0, 0.05) is 18.3 Å². The molecule has 0 amide bonds. The first kappa shape index (κ1) is 14.3. The number of benzene rings is 1. The largest absolute Gasteiger partial charge is 0.326 e. The van der Waals surface area contributed by atoms with Crippen LogP contribution in [0.15, 0.2) is 36.8 Å². The summed E-state index contributed by atoms with van der Waals surface area (Å²) in [5.74, 6) is 0. The van der Waals surface area contributed by atoms with E-state index in [1.54, 1.807) is 0 Å². The molecule has 0 aliphatic carbocycles. The topological polar surface area (TPSA) is 29.9 Å². The van der Waals surface area contributed by atoms with Crippen molar-refractivity contribution in [3.63, 3.8) is 0 Å². The Morgan fingerprint density at radius 3 is 2.86 bits per heavy atom. The average Bonchev–Trinajstić information content (AvgIpc) is 2.96. The summed E-state index contributed by atoms with van der Waals surface area (Å²) in [6.45, 7) is 6.72. The zero-order valence-corrected chi connectivity index (χ0v) is 13.2. The summed E-state index contributed by atoms with van der Waals surface area (Å²) >= 11 is 0. The van der Waals surface area contributed by atoms with Crippen molar-refractivity contribution in [2.24, 2.45) is 0 Å². The highest BCUT2D eigenvalue weighted by molar-refractivity contribution is 5.29. The lowest BCUT2D eigenvalue weighted by atomic mass is 9.96. The van der Waals surface area contributed by atoms with Crippen molar-refractivity contribution in [1.82, 2.24) is 14.9 Å². The van der Waals surface area contributed by atoms with Crippen LogP contribution in [0.1, 0.15) is 62.0 Å². The van der Waals surface area contributed by atoms with Crippen molar-refractivity contribution < 1.29 is 0 Å². The van der Waals surface area contributed by atoms with Gasteiger partial charge in [0.25, 0.3) is 0 Å². The Balaban J connectivity index is 1.90. The van der Waals surface area contributed by atoms with E-state index in [2.05, 4.69) is 59.9 Å². The number of hydrogen-bond acceptors (Lipinski definition) is 2. The van der Waals surface area contributed by atoms with Crippen LogP contribution in [-0.2, 0) is 0 Å². The molecule has 0 saturated carbocycles. The van der Waals surface area contributed by atoms with E-state index in [1.165, 1.54) is 36.1 Å². The summed E-state index contributed by atoms with van der Waals surface area (Å²) in [6.07, 6.45) is 7.79. The Hall–Kier alpha value is -1.61. The van der Waals surface area contributed by atoms with Crippen molar-refractivity contribution in [2.75, 3.05) is 0 Å². The molecular formula is C18H25N3. The van der Waals surface area contributed by atoms with Gasteiger partial charge in [-0.25, -0.2) is 4.98 Å². The van der Waals surface area contributed by atoms with E-state index in [9.17, 15) is 0 Å². The number of piperidine rings is 1. The summed E-state index contributed by atoms with van der Waals surface area (Å²) in [7, 11) is 0. The Morgan fingerprint density at radius 2 is 2.10 bits per heavy atom. The molecule has 1 aromatic heterocycles. The van der Waals surface area contributed by atoms with E-state index in [0.29, 0.717) is 18.1 Å². The standard InChI is InChI=1S/C18H25N3/c1-13-7-4-5-9-16(13)15(3)21-12-19-11-18(21)17-10-6-8-14(2)20-17/h4-5,7,9,11-12,14-15,17,20H,6,8,10H2,1-3H3. The van der Waals surface area contributed by atoms with Crippen LogP contribution in [0.25, 0.3) is 0 Å². The molecule has 3 rings (SSSR count). The molecule has 1 N–H and O–H groups in total. The highest BCUT2D eigenvalue weighted by atomic mass is 15.1. The monoisotopic (exact) mass is 283 g/mol. The van der Waals surface area contributed by atoms with Gasteiger partial charge in [-0.3, -0.25) is 0 Å². The first-order chi connectivity index (χ1) is 10.2. The van der Waals surface area contributed by atoms with Crippen LogP contribution in [-0.4, -0.2) is 15.6 Å². The third kappa shape index (κ3) is 2.88. The SMILES string of the molecule is Cc1ccccc1C(C)n1cncc1C1CCCC(C)N1. The van der Waals surface area contributed by atoms with Crippen molar-refractivity contribution in [2.45, 2.75) is 58.2 Å². The van der Waals surface area contributed by atoms with Gasteiger partial charge in [0.05, 0.1) is 18.1 Å². The molecule has 1 aliphatic heterocycles. The van der Waals surface area contributed by atoms with Crippen LogP contribution in [0, 0.1) is 6.92 Å². The lowest BCUT2D eigenvalue weighted by Gasteiger charge is -2.30. The maximum atomic E-state index is 4.42. The summed E-state index contributed by atoms with van der Waals surface area (Å²) in [6, 6.07) is 9.98. The van der Waals surface area contributed by atoms with E-state index in [-0.39, 0.29) is 0 Å². The van der Waals surface area contributed by atoms with Crippen molar-refractivity contribution in [1.29, 1.82) is 0 Å². The van der Waals surface area contributed by atoms with Gasteiger partial charge in [-0.05, 0) is 51.2 Å². The number of rotatable bonds is 3. The Labute approximate surface area is 127 Å². The predicted octanol–water partition coefficient (Wildman–Crippen LogP) is 4.00. The van der Waals surface area contributed by atoms with Crippen LogP contribution in [0.5, 0.6) is 0 Å². The minimum Gasteiger partial charge on any atom is -0.326 e. The summed E-state index contributed by atoms with van der Waals surface area (Å²) in [5, 5.41) is 3.72. The second-order valence-electron chi connectivity index (χ2n) is 6.31. The molecular weight excluding hydrogens is 258 g/mol. The minimum atomic E-state index is 0.322. The maximum Gasteiger partial charge on any atom is 0.0954 e. The van der Waals surface area contributed by atoms with Gasteiger partial charge in [-0.2, -0.15) is 0 Å². The van der Waals surface area contributed by atoms with Gasteiger partial charge in [-0.1, -0.05) is 24.3 Å². The molecule has 2 aromatic rings. The van der Waals surface area contributed by atoms with Gasteiger partial charge >= 0.3 is 0 Å². The summed E-state index contributed by atoms with van der Waals surface area (Å²) < 4.78 is 2.33. The lowest BCUT2D eigenvalue weighted by molar-refractivity contribution is 0.327. The summed E-state index contributed by atoms with van der Waals surface area (Å²) in [5.41, 5.74) is 4.03. The minimum absolute atomic E-state index is 0.322. The smallest absolute Gasteiger partial charge is 0.0954 e. The van der Waals surface area contributed by atoms with Crippen LogP contribution < -0.4 is 5.32 Å². The molecule has 21 heavy (non-hydrogen) atoms. The molecule has 3 heteroatoms. The normalized spacial score (nSPS) is 24.0. The number of nitrogens with one attached hydrogen (secondary N) is 1. The fourth-order valence-corrected chi connectivity index (χ4v) is 3.49. The lowest BCUT2D eigenvalue weighted by Crippen LogP contribution is -2.35. The molecule has 3 nitrogen and oxygen atoms in total. The molecule has 112 valence electrons. The first-order valence-electron chi connectivity index (χ1n) is 8.00. The van der Waals surface area contributed by atoms with E-state index < -0.39 is 0 Å². The van der Waals surface area contributed by atoms with Crippen LogP contribution in [0.4, 0.5) is 0 Å². The number of nitrogens with zero attached hydrogens (tertiary/aromatic N) is 2. The molecule has 0 bridgehead atoms. The van der Waals surface area contributed by atoms with E-state index in [0.717, 1.165) is 0 Å². The highest BCUT2D eigenvalue weighted by Gasteiger charge is 2.24. The molecule has 1 fully saturated rings. The number of aromatic nitrogens is 2. The third-order valence-electron chi connectivity index (χ3n) is 4.72. The van der Waals surface area contributed by atoms with E-state index >= 15 is 0 Å². The van der Waals surface area contributed by atoms with Gasteiger partial charge < -0.3 is 9.88 Å². The van der Waals surface area contributed by atoms with Gasteiger partial charge in [0.2, 0.25) is 0 Å². The number of imidazole rings is 1. The summed E-state index contributed by atoms with van der Waals surface area (Å²) in [4.78, 5) is 4.42. The van der Waals surface area contributed by atoms with Gasteiger partial charge in [-0.15, -0.1) is 0 Å². The van der Waals surface area contributed by atoms with Gasteiger partial charge in [0.15, 0.2) is 0 Å². The Bertz CT molecular complexity index is 602. The molecule has 1 saturated heterocycles. The third-order valence-corrected chi connectivity index (χ3v) is 4.72. The number of hydrogen-bond donors (Lipinski definition) is 1. The van der Waals surface area contributed by atoms with Gasteiger partial charge in [0.1, 0.15) is 0 Å². The maximum absolute atomic E-state index is 4.42. The van der Waals surface area contributed by atoms with E-state index in [4.69, 9.17) is 0 Å². The van der Waals surface area contributed by atoms with E-state index in [1.807, 2.05) is 12.5 Å². The average molecular weight is 283 g/mol. The molecule has 1 aromatic carbocycles. The van der Waals surface area contributed by atoms with Crippen molar-refractivity contribution in [3.05, 3.63) is 53.6 Å². The molecule has 0 spiro atoms. The molecule has 0 radical (unpaired) electrons. The molecule has 3 atom stereocenters. The fourth-order valence-electron chi connectivity index (χ4n) is 3.49. The quantitative estimate of drug-likeness (QED) is 0.922.